The molecule has 0 amide bonds. The molecule has 1 aromatic rings. The maximum atomic E-state index is 11.8. The third kappa shape index (κ3) is 3.89. The van der Waals surface area contributed by atoms with Crippen molar-refractivity contribution < 1.29 is 9.90 Å². The van der Waals surface area contributed by atoms with Gasteiger partial charge in [0.05, 0.1) is 6.10 Å². The molecule has 1 aliphatic heterocycles. The first-order valence-corrected chi connectivity index (χ1v) is 6.59. The van der Waals surface area contributed by atoms with Crippen LogP contribution in [0.1, 0.15) is 36.0 Å². The summed E-state index contributed by atoms with van der Waals surface area (Å²) in [6.07, 6.45) is 6.53. The van der Waals surface area contributed by atoms with E-state index in [-0.39, 0.29) is 11.9 Å². The number of ketones is 1. The van der Waals surface area contributed by atoms with Gasteiger partial charge in [0.25, 0.3) is 0 Å². The molecule has 2 rings (SSSR count). The predicted octanol–water partition coefficient (Wildman–Crippen LogP) is 1.50. The molecule has 0 spiro atoms. The first-order valence-electron chi connectivity index (χ1n) is 6.59. The van der Waals surface area contributed by atoms with E-state index in [1.54, 1.807) is 18.5 Å². The molecule has 0 unspecified atom stereocenters. The van der Waals surface area contributed by atoms with Gasteiger partial charge in [0, 0.05) is 37.5 Å². The van der Waals surface area contributed by atoms with E-state index in [0.29, 0.717) is 12.0 Å². The van der Waals surface area contributed by atoms with Gasteiger partial charge in [0.1, 0.15) is 0 Å². The number of aliphatic hydroxyl groups is 1. The van der Waals surface area contributed by atoms with Crippen LogP contribution in [0.5, 0.6) is 0 Å². The van der Waals surface area contributed by atoms with Crippen LogP contribution >= 0.6 is 0 Å². The number of carbonyl (C=O) groups is 1. The Balaban J connectivity index is 1.62. The molecule has 0 radical (unpaired) electrons. The van der Waals surface area contributed by atoms with Gasteiger partial charge in [0.15, 0.2) is 5.78 Å². The number of likely N-dealkylation sites (tertiary alicyclic amines) is 1. The highest BCUT2D eigenvalue weighted by molar-refractivity contribution is 5.95. The van der Waals surface area contributed by atoms with Crippen LogP contribution in [0.3, 0.4) is 0 Å². The van der Waals surface area contributed by atoms with Gasteiger partial charge in [-0.05, 0) is 37.9 Å². The van der Waals surface area contributed by atoms with Crippen LogP contribution in [0.15, 0.2) is 24.5 Å². The lowest BCUT2D eigenvalue weighted by atomic mass is 10.1. The van der Waals surface area contributed by atoms with E-state index in [1.807, 2.05) is 6.07 Å². The van der Waals surface area contributed by atoms with E-state index < -0.39 is 0 Å². The van der Waals surface area contributed by atoms with E-state index in [4.69, 9.17) is 0 Å². The average molecular weight is 248 g/mol. The quantitative estimate of drug-likeness (QED) is 0.612. The maximum absolute atomic E-state index is 11.8. The molecule has 4 heteroatoms. The van der Waals surface area contributed by atoms with Gasteiger partial charge in [-0.1, -0.05) is 0 Å². The van der Waals surface area contributed by atoms with Crippen molar-refractivity contribution in [1.82, 2.24) is 9.88 Å². The summed E-state index contributed by atoms with van der Waals surface area (Å²) in [6.45, 7) is 2.76. The van der Waals surface area contributed by atoms with Crippen molar-refractivity contribution in [1.29, 1.82) is 0 Å². The molecule has 1 saturated heterocycles. The fourth-order valence-electron chi connectivity index (χ4n) is 2.31. The SMILES string of the molecule is O=C(CCCCN1CC[C@@H](O)C1)c1cccnc1. The number of β-amino-alcohol motifs (C(OH)–C–C–N with tert-alkyl or cyclic N) is 1. The lowest BCUT2D eigenvalue weighted by molar-refractivity contribution is 0.0977. The van der Waals surface area contributed by atoms with Gasteiger partial charge >= 0.3 is 0 Å². The molecule has 1 fully saturated rings. The molecule has 2 heterocycles. The molecule has 0 bridgehead atoms. The van der Waals surface area contributed by atoms with Crippen molar-refractivity contribution in [2.45, 2.75) is 31.8 Å². The molecular weight excluding hydrogens is 228 g/mol. The van der Waals surface area contributed by atoms with Crippen molar-refractivity contribution >= 4 is 5.78 Å². The number of hydrogen-bond donors (Lipinski definition) is 1. The third-order valence-corrected chi connectivity index (χ3v) is 3.36. The van der Waals surface area contributed by atoms with Crippen LogP contribution in [0, 0.1) is 0 Å². The van der Waals surface area contributed by atoms with E-state index in [2.05, 4.69) is 9.88 Å². The Morgan fingerprint density at radius 3 is 3.06 bits per heavy atom. The van der Waals surface area contributed by atoms with Crippen molar-refractivity contribution in [2.24, 2.45) is 0 Å². The number of unbranched alkanes of at least 4 members (excludes halogenated alkanes) is 1. The average Bonchev–Trinajstić information content (AvgIpc) is 2.81. The predicted molar refractivity (Wildman–Crippen MR) is 69.5 cm³/mol. The van der Waals surface area contributed by atoms with Gasteiger partial charge in [-0.2, -0.15) is 0 Å². The molecule has 0 saturated carbocycles. The molecule has 1 aromatic heterocycles. The summed E-state index contributed by atoms with van der Waals surface area (Å²) in [5.41, 5.74) is 0.703. The van der Waals surface area contributed by atoms with Gasteiger partial charge in [-0.3, -0.25) is 9.78 Å². The highest BCUT2D eigenvalue weighted by Crippen LogP contribution is 2.11. The first kappa shape index (κ1) is 13.2. The normalized spacial score (nSPS) is 20.2. The number of Topliss-reactive ketones (excluding diaryl/α,β-unsaturated/α-hetero) is 1. The minimum Gasteiger partial charge on any atom is -0.392 e. The number of aromatic nitrogens is 1. The monoisotopic (exact) mass is 248 g/mol. The Labute approximate surface area is 108 Å². The minimum absolute atomic E-state index is 0.151. The molecule has 1 atom stereocenters. The summed E-state index contributed by atoms with van der Waals surface area (Å²) in [7, 11) is 0. The van der Waals surface area contributed by atoms with Crippen molar-refractivity contribution in [2.75, 3.05) is 19.6 Å². The number of hydrogen-bond acceptors (Lipinski definition) is 4. The maximum Gasteiger partial charge on any atom is 0.164 e. The Kier molecular flexibility index (Phi) is 4.84. The Morgan fingerprint density at radius 2 is 2.39 bits per heavy atom. The number of nitrogens with zero attached hydrogens (tertiary/aromatic N) is 2. The molecule has 98 valence electrons. The largest absolute Gasteiger partial charge is 0.392 e. The summed E-state index contributed by atoms with van der Waals surface area (Å²) >= 11 is 0. The number of carbonyl (C=O) groups excluding carboxylic acids is 1. The summed E-state index contributed by atoms with van der Waals surface area (Å²) < 4.78 is 0. The molecule has 1 N–H and O–H groups in total. The summed E-state index contributed by atoms with van der Waals surface area (Å²) in [5.74, 6) is 0.171. The zero-order chi connectivity index (χ0) is 12.8. The Morgan fingerprint density at radius 1 is 1.50 bits per heavy atom. The molecule has 0 aromatic carbocycles. The topological polar surface area (TPSA) is 53.4 Å². The van der Waals surface area contributed by atoms with Crippen LogP contribution < -0.4 is 0 Å². The van der Waals surface area contributed by atoms with E-state index >= 15 is 0 Å². The number of aliphatic hydroxyl groups excluding tert-OH is 1. The van der Waals surface area contributed by atoms with Gasteiger partial charge in [-0.15, -0.1) is 0 Å². The standard InChI is InChI=1S/C14H20N2O2/c17-13-6-9-16(11-13)8-2-1-5-14(18)12-4-3-7-15-10-12/h3-4,7,10,13,17H,1-2,5-6,8-9,11H2/t13-/m1/s1. The van der Waals surface area contributed by atoms with Crippen LogP contribution in [0.25, 0.3) is 0 Å². The summed E-state index contributed by atoms with van der Waals surface area (Å²) in [5, 5.41) is 9.39. The summed E-state index contributed by atoms with van der Waals surface area (Å²) in [4.78, 5) is 18.0. The summed E-state index contributed by atoms with van der Waals surface area (Å²) in [6, 6.07) is 3.60. The zero-order valence-corrected chi connectivity index (χ0v) is 10.6. The van der Waals surface area contributed by atoms with Gasteiger partial charge in [0.2, 0.25) is 0 Å². The molecular formula is C14H20N2O2. The van der Waals surface area contributed by atoms with Crippen LogP contribution in [0.4, 0.5) is 0 Å². The van der Waals surface area contributed by atoms with Crippen molar-refractivity contribution in [3.8, 4) is 0 Å². The van der Waals surface area contributed by atoms with E-state index in [1.165, 1.54) is 0 Å². The second kappa shape index (κ2) is 6.61. The number of rotatable bonds is 6. The Hall–Kier alpha value is -1.26. The third-order valence-electron chi connectivity index (χ3n) is 3.36. The van der Waals surface area contributed by atoms with E-state index in [9.17, 15) is 9.90 Å². The molecule has 4 nitrogen and oxygen atoms in total. The first-order chi connectivity index (χ1) is 8.75. The van der Waals surface area contributed by atoms with Gasteiger partial charge in [-0.25, -0.2) is 0 Å². The highest BCUT2D eigenvalue weighted by atomic mass is 16.3. The van der Waals surface area contributed by atoms with Crippen LogP contribution in [-0.4, -0.2) is 46.5 Å². The van der Waals surface area contributed by atoms with E-state index in [0.717, 1.165) is 38.9 Å². The van der Waals surface area contributed by atoms with Crippen LogP contribution in [-0.2, 0) is 0 Å². The fourth-order valence-corrected chi connectivity index (χ4v) is 2.31. The molecule has 18 heavy (non-hydrogen) atoms. The fraction of sp³-hybridized carbons (Fsp3) is 0.571. The van der Waals surface area contributed by atoms with Crippen molar-refractivity contribution in [3.05, 3.63) is 30.1 Å². The van der Waals surface area contributed by atoms with Crippen molar-refractivity contribution in [3.63, 3.8) is 0 Å². The van der Waals surface area contributed by atoms with Gasteiger partial charge < -0.3 is 10.0 Å². The zero-order valence-electron chi connectivity index (χ0n) is 10.6. The smallest absolute Gasteiger partial charge is 0.164 e. The minimum atomic E-state index is -0.151. The lowest BCUT2D eigenvalue weighted by Crippen LogP contribution is -2.23. The Bertz CT molecular complexity index is 381. The lowest BCUT2D eigenvalue weighted by Gasteiger charge is -2.13. The second-order valence-corrected chi connectivity index (χ2v) is 4.87. The highest BCUT2D eigenvalue weighted by Gasteiger charge is 2.19. The molecule has 0 aliphatic carbocycles. The second-order valence-electron chi connectivity index (χ2n) is 4.87. The van der Waals surface area contributed by atoms with Crippen LogP contribution in [0.2, 0.25) is 0 Å². The number of pyridine rings is 1. The molecule has 1 aliphatic rings.